The Labute approximate surface area is 142 Å². The normalized spacial score (nSPS) is 13.0. The molecule has 11 nitrogen and oxygen atoms in total. The molecule has 0 unspecified atom stereocenters. The molecule has 0 heterocycles. The third kappa shape index (κ3) is 4.42. The number of hydrogen-bond donors (Lipinski definition) is 5. The Kier molecular flexibility index (Phi) is 4.68. The first-order valence-electron chi connectivity index (χ1n) is 6.34. The average Bonchev–Trinajstić information content (AvgIpc) is 2.42. The summed E-state index contributed by atoms with van der Waals surface area (Å²) in [6.45, 7) is 0. The summed E-state index contributed by atoms with van der Waals surface area (Å²) in [5.74, 6) is -0.621. The van der Waals surface area contributed by atoms with Crippen LogP contribution in [0, 0.1) is 0 Å². The molecule has 0 bridgehead atoms. The predicted octanol–water partition coefficient (Wildman–Crippen LogP) is -0.447. The van der Waals surface area contributed by atoms with Gasteiger partial charge in [0.25, 0.3) is 20.2 Å². The largest absolute Gasteiger partial charge is 0.370 e. The first-order chi connectivity index (χ1) is 11.4. The van der Waals surface area contributed by atoms with Crippen LogP contribution in [0.5, 0.6) is 0 Å². The van der Waals surface area contributed by atoms with Crippen LogP contribution in [0.1, 0.15) is 0 Å². The van der Waals surface area contributed by atoms with Gasteiger partial charge in [-0.15, -0.1) is 0 Å². The van der Waals surface area contributed by atoms with Crippen molar-refractivity contribution in [3.05, 3.63) is 30.3 Å². The molecule has 2 aromatic rings. The fraction of sp³-hybridized carbons (Fsp3) is 0. The fourth-order valence-corrected chi connectivity index (χ4v) is 3.37. The molecule has 2 aromatic carbocycles. The monoisotopic (exact) mass is 387 g/mol. The number of hydrogen-bond acceptors (Lipinski definition) is 5. The second-order valence-corrected chi connectivity index (χ2v) is 7.60. The highest BCUT2D eigenvalue weighted by atomic mass is 32.2. The van der Waals surface area contributed by atoms with Crippen molar-refractivity contribution in [3.63, 3.8) is 0 Å². The van der Waals surface area contributed by atoms with Crippen molar-refractivity contribution < 1.29 is 25.9 Å². The second kappa shape index (κ2) is 6.29. The van der Waals surface area contributed by atoms with Crippen LogP contribution in [-0.4, -0.2) is 37.9 Å². The van der Waals surface area contributed by atoms with Gasteiger partial charge in [0, 0.05) is 5.39 Å². The zero-order valence-electron chi connectivity index (χ0n) is 12.4. The predicted molar refractivity (Wildman–Crippen MR) is 90.7 cm³/mol. The standard InChI is InChI=1S/C12H13N5O6S2/c13-11(14)17-12(15)16-7-1-2-9-6(3-7)4-8(24(18,19)20)5-10(9)25(21,22)23/h1-5H,(H,18,19,20)(H,21,22,23)(H6,13,14,15,16,17). The fourth-order valence-electron chi connectivity index (χ4n) is 2.02. The molecule has 0 aromatic heterocycles. The quantitative estimate of drug-likeness (QED) is 0.262. The lowest BCUT2D eigenvalue weighted by Gasteiger charge is -2.08. The number of nitrogens with zero attached hydrogens (tertiary/aromatic N) is 2. The van der Waals surface area contributed by atoms with E-state index in [-0.39, 0.29) is 28.4 Å². The van der Waals surface area contributed by atoms with Gasteiger partial charge in [-0.25, -0.2) is 4.99 Å². The Morgan fingerprint density at radius 2 is 1.56 bits per heavy atom. The van der Waals surface area contributed by atoms with Crippen LogP contribution in [-0.2, 0) is 20.2 Å². The maximum atomic E-state index is 11.5. The van der Waals surface area contributed by atoms with Crippen LogP contribution in [0.3, 0.4) is 0 Å². The third-order valence-electron chi connectivity index (χ3n) is 2.93. The number of aliphatic imine (C=N–C) groups is 2. The maximum absolute atomic E-state index is 11.5. The molecule has 134 valence electrons. The number of nitrogens with two attached hydrogens (primary N) is 3. The van der Waals surface area contributed by atoms with Gasteiger partial charge in [0.05, 0.1) is 10.6 Å². The van der Waals surface area contributed by atoms with Crippen molar-refractivity contribution in [1.29, 1.82) is 0 Å². The van der Waals surface area contributed by atoms with E-state index in [2.05, 4.69) is 9.98 Å². The number of benzene rings is 2. The molecule has 0 aliphatic heterocycles. The van der Waals surface area contributed by atoms with Crippen LogP contribution in [0.25, 0.3) is 10.8 Å². The van der Waals surface area contributed by atoms with Crippen LogP contribution in [0.15, 0.2) is 50.1 Å². The lowest BCUT2D eigenvalue weighted by Crippen LogP contribution is -2.26. The number of fused-ring (bicyclic) bond motifs is 1. The zero-order chi connectivity index (χ0) is 19.0. The van der Waals surface area contributed by atoms with E-state index >= 15 is 0 Å². The van der Waals surface area contributed by atoms with Gasteiger partial charge in [0.1, 0.15) is 4.90 Å². The first-order valence-corrected chi connectivity index (χ1v) is 9.22. The van der Waals surface area contributed by atoms with Crippen molar-refractivity contribution in [2.75, 3.05) is 0 Å². The highest BCUT2D eigenvalue weighted by molar-refractivity contribution is 7.86. The van der Waals surface area contributed by atoms with Gasteiger partial charge >= 0.3 is 0 Å². The van der Waals surface area contributed by atoms with E-state index in [0.717, 1.165) is 6.07 Å². The summed E-state index contributed by atoms with van der Waals surface area (Å²) in [4.78, 5) is 5.94. The molecular formula is C12H13N5O6S2. The number of guanidine groups is 2. The Morgan fingerprint density at radius 1 is 0.920 bits per heavy atom. The van der Waals surface area contributed by atoms with E-state index in [0.29, 0.717) is 6.07 Å². The summed E-state index contributed by atoms with van der Waals surface area (Å²) >= 11 is 0. The lowest BCUT2D eigenvalue weighted by atomic mass is 10.1. The topological polar surface area (TPSA) is 212 Å². The van der Waals surface area contributed by atoms with Crippen LogP contribution in [0.2, 0.25) is 0 Å². The van der Waals surface area contributed by atoms with Gasteiger partial charge in [-0.3, -0.25) is 9.11 Å². The minimum absolute atomic E-state index is 0.00858. The molecule has 0 fully saturated rings. The molecule has 2 rings (SSSR count). The van der Waals surface area contributed by atoms with Crippen LogP contribution in [0.4, 0.5) is 5.69 Å². The molecular weight excluding hydrogens is 374 g/mol. The van der Waals surface area contributed by atoms with E-state index in [4.69, 9.17) is 21.8 Å². The molecule has 0 saturated heterocycles. The van der Waals surface area contributed by atoms with E-state index in [1.54, 1.807) is 0 Å². The highest BCUT2D eigenvalue weighted by Gasteiger charge is 2.20. The summed E-state index contributed by atoms with van der Waals surface area (Å²) < 4.78 is 64.1. The molecule has 13 heteroatoms. The van der Waals surface area contributed by atoms with Crippen molar-refractivity contribution in [2.24, 2.45) is 27.2 Å². The minimum atomic E-state index is -4.75. The molecule has 0 aliphatic carbocycles. The molecule has 8 N–H and O–H groups in total. The SMILES string of the molecule is NC(N)=NC(N)=Nc1ccc2c(S(=O)(=O)O)cc(S(=O)(=O)O)cc2c1. The molecule has 25 heavy (non-hydrogen) atoms. The molecule has 0 amide bonds. The van der Waals surface area contributed by atoms with Crippen molar-refractivity contribution in [3.8, 4) is 0 Å². The first kappa shape index (κ1) is 18.6. The summed E-state index contributed by atoms with van der Waals surface area (Å²) in [5, 5.41) is 0.0655. The van der Waals surface area contributed by atoms with Gasteiger partial charge in [0.15, 0.2) is 5.96 Å². The van der Waals surface area contributed by atoms with Crippen molar-refractivity contribution in [1.82, 2.24) is 0 Å². The van der Waals surface area contributed by atoms with Gasteiger partial charge in [0.2, 0.25) is 5.96 Å². The highest BCUT2D eigenvalue weighted by Crippen LogP contribution is 2.30. The summed E-state index contributed by atoms with van der Waals surface area (Å²) in [6.07, 6.45) is 0. The Bertz CT molecular complexity index is 1120. The third-order valence-corrected chi connectivity index (χ3v) is 4.66. The van der Waals surface area contributed by atoms with Crippen LogP contribution >= 0.6 is 0 Å². The Balaban J connectivity index is 2.80. The van der Waals surface area contributed by atoms with Gasteiger partial charge in [-0.05, 0) is 29.7 Å². The van der Waals surface area contributed by atoms with Crippen molar-refractivity contribution in [2.45, 2.75) is 9.79 Å². The van der Waals surface area contributed by atoms with Crippen molar-refractivity contribution >= 4 is 48.6 Å². The van der Waals surface area contributed by atoms with Gasteiger partial charge < -0.3 is 17.2 Å². The minimum Gasteiger partial charge on any atom is -0.370 e. The van der Waals surface area contributed by atoms with E-state index in [1.807, 2.05) is 0 Å². The van der Waals surface area contributed by atoms with Crippen LogP contribution < -0.4 is 17.2 Å². The van der Waals surface area contributed by atoms with E-state index in [9.17, 15) is 21.4 Å². The smallest absolute Gasteiger partial charge is 0.295 e. The molecule has 0 atom stereocenters. The van der Waals surface area contributed by atoms with E-state index < -0.39 is 30.0 Å². The van der Waals surface area contributed by atoms with Gasteiger partial charge in [-0.1, -0.05) is 6.07 Å². The Morgan fingerprint density at radius 3 is 2.08 bits per heavy atom. The zero-order valence-corrected chi connectivity index (χ0v) is 14.0. The molecule has 0 saturated carbocycles. The van der Waals surface area contributed by atoms with Gasteiger partial charge in [-0.2, -0.15) is 21.8 Å². The molecule has 0 spiro atoms. The van der Waals surface area contributed by atoms with E-state index in [1.165, 1.54) is 18.2 Å². The summed E-state index contributed by atoms with van der Waals surface area (Å²) in [5.41, 5.74) is 16.0. The Hall–Kier alpha value is -2.74. The lowest BCUT2D eigenvalue weighted by molar-refractivity contribution is 0.482. The maximum Gasteiger partial charge on any atom is 0.295 e. The average molecular weight is 387 g/mol. The molecule has 0 radical (unpaired) electrons. The summed E-state index contributed by atoms with van der Waals surface area (Å²) in [7, 11) is -9.47. The summed E-state index contributed by atoms with van der Waals surface area (Å²) in [6, 6.07) is 5.54. The molecule has 0 aliphatic rings. The number of rotatable bonds is 3. The second-order valence-electron chi connectivity index (χ2n) is 4.78.